The van der Waals surface area contributed by atoms with Gasteiger partial charge in [-0.2, -0.15) is 0 Å². The number of hydrogen-bond donors (Lipinski definition) is 0. The Hall–Kier alpha value is -1.72. The first kappa shape index (κ1) is 16.7. The molecule has 3 heterocycles. The van der Waals surface area contributed by atoms with Crippen LogP contribution in [0.1, 0.15) is 34.5 Å². The molecule has 0 spiro atoms. The van der Waals surface area contributed by atoms with Crippen LogP contribution in [0.3, 0.4) is 0 Å². The molecule has 1 aromatic heterocycles. The molecular weight excluding hydrogens is 335 g/mol. The van der Waals surface area contributed by atoms with Crippen molar-refractivity contribution in [1.29, 1.82) is 0 Å². The van der Waals surface area contributed by atoms with Gasteiger partial charge >= 0.3 is 0 Å². The molecule has 2 aliphatic heterocycles. The van der Waals surface area contributed by atoms with Gasteiger partial charge in [-0.15, -0.1) is 11.3 Å². The van der Waals surface area contributed by atoms with Crippen LogP contribution in [0.15, 0.2) is 41.8 Å². The molecule has 25 heavy (non-hydrogen) atoms. The molecule has 5 heteroatoms. The van der Waals surface area contributed by atoms with Crippen LogP contribution >= 0.6 is 11.3 Å². The number of nitrogens with zero attached hydrogens (tertiary/aromatic N) is 2. The maximum atomic E-state index is 13.5. The summed E-state index contributed by atoms with van der Waals surface area (Å²) in [4.78, 5) is 18.0. The van der Waals surface area contributed by atoms with E-state index in [1.807, 2.05) is 28.5 Å². The van der Waals surface area contributed by atoms with Crippen LogP contribution < -0.4 is 0 Å². The topological polar surface area (TPSA) is 23.6 Å². The number of hydrogen-bond acceptors (Lipinski definition) is 3. The van der Waals surface area contributed by atoms with E-state index in [0.29, 0.717) is 12.0 Å². The molecular formula is C20H23FN2OS. The van der Waals surface area contributed by atoms with E-state index in [-0.39, 0.29) is 11.7 Å². The van der Waals surface area contributed by atoms with Crippen molar-refractivity contribution in [1.82, 2.24) is 9.80 Å². The summed E-state index contributed by atoms with van der Waals surface area (Å²) in [6.07, 6.45) is 3.57. The number of halogens is 1. The number of carbonyl (C=O) groups excluding carboxylic acids is 1. The van der Waals surface area contributed by atoms with E-state index < -0.39 is 0 Å². The standard InChI is InChI=1S/C20H23FN2OS/c21-17-7-3-5-15(11-17)12-22-9-2-1-6-16-13-23(14-18(16)22)20(24)19-8-4-10-25-19/h3-5,7-8,10-11,16,18H,1-2,6,9,12-14H2/t16-,18+/m0/s1. The Kier molecular flexibility index (Phi) is 4.86. The second-order valence-electron chi connectivity index (χ2n) is 7.11. The molecule has 1 amide bonds. The number of fused-ring (bicyclic) bond motifs is 1. The van der Waals surface area contributed by atoms with Gasteiger partial charge in [-0.3, -0.25) is 9.69 Å². The average molecular weight is 358 g/mol. The summed E-state index contributed by atoms with van der Waals surface area (Å²) in [7, 11) is 0. The van der Waals surface area contributed by atoms with Gasteiger partial charge in [-0.1, -0.05) is 24.6 Å². The summed E-state index contributed by atoms with van der Waals surface area (Å²) in [6.45, 7) is 3.43. The van der Waals surface area contributed by atoms with E-state index in [9.17, 15) is 9.18 Å². The molecule has 0 N–H and O–H groups in total. The molecule has 3 nitrogen and oxygen atoms in total. The number of benzene rings is 1. The van der Waals surface area contributed by atoms with Crippen molar-refractivity contribution in [3.8, 4) is 0 Å². The second-order valence-corrected chi connectivity index (χ2v) is 8.06. The molecule has 2 aliphatic rings. The quantitative estimate of drug-likeness (QED) is 0.828. The van der Waals surface area contributed by atoms with E-state index in [1.54, 1.807) is 12.1 Å². The van der Waals surface area contributed by atoms with Crippen LogP contribution in [-0.4, -0.2) is 41.4 Å². The number of amides is 1. The third-order valence-electron chi connectivity index (χ3n) is 5.44. The van der Waals surface area contributed by atoms with Gasteiger partial charge in [0.15, 0.2) is 0 Å². The Morgan fingerprint density at radius 3 is 2.92 bits per heavy atom. The SMILES string of the molecule is O=C(c1cccs1)N1C[C@@H]2CCCCN(Cc3cccc(F)c3)[C@@H]2C1. The minimum atomic E-state index is -0.176. The molecule has 0 unspecified atom stereocenters. The Morgan fingerprint density at radius 2 is 2.12 bits per heavy atom. The fourth-order valence-electron chi connectivity index (χ4n) is 4.23. The molecule has 132 valence electrons. The van der Waals surface area contributed by atoms with Gasteiger partial charge in [0.2, 0.25) is 0 Å². The van der Waals surface area contributed by atoms with Crippen LogP contribution in [0.25, 0.3) is 0 Å². The molecule has 0 saturated carbocycles. The highest BCUT2D eigenvalue weighted by Gasteiger charge is 2.39. The van der Waals surface area contributed by atoms with Gasteiger partial charge in [0.25, 0.3) is 5.91 Å². The molecule has 2 atom stereocenters. The highest BCUT2D eigenvalue weighted by Crippen LogP contribution is 2.32. The maximum Gasteiger partial charge on any atom is 0.263 e. The van der Waals surface area contributed by atoms with Crippen LogP contribution in [0.4, 0.5) is 4.39 Å². The first-order chi connectivity index (χ1) is 12.2. The Bertz CT molecular complexity index is 733. The van der Waals surface area contributed by atoms with Gasteiger partial charge in [0.05, 0.1) is 4.88 Å². The minimum Gasteiger partial charge on any atom is -0.336 e. The highest BCUT2D eigenvalue weighted by atomic mass is 32.1. The lowest BCUT2D eigenvalue weighted by Crippen LogP contribution is -2.40. The lowest BCUT2D eigenvalue weighted by Gasteiger charge is -2.30. The van der Waals surface area contributed by atoms with Crippen molar-refractivity contribution in [2.75, 3.05) is 19.6 Å². The average Bonchev–Trinajstić information content (AvgIpc) is 3.24. The summed E-state index contributed by atoms with van der Waals surface area (Å²) >= 11 is 1.51. The number of carbonyl (C=O) groups is 1. The zero-order chi connectivity index (χ0) is 17.2. The zero-order valence-electron chi connectivity index (χ0n) is 14.2. The van der Waals surface area contributed by atoms with Crippen molar-refractivity contribution in [2.45, 2.75) is 31.8 Å². The number of likely N-dealkylation sites (tertiary alicyclic amines) is 2. The Labute approximate surface area is 152 Å². The van der Waals surface area contributed by atoms with Gasteiger partial charge in [-0.25, -0.2) is 4.39 Å². The fraction of sp³-hybridized carbons (Fsp3) is 0.450. The Balaban J connectivity index is 1.50. The minimum absolute atomic E-state index is 0.161. The monoisotopic (exact) mass is 358 g/mol. The number of rotatable bonds is 3. The smallest absolute Gasteiger partial charge is 0.263 e. The van der Waals surface area contributed by atoms with Crippen LogP contribution in [0.2, 0.25) is 0 Å². The predicted molar refractivity (Wildman–Crippen MR) is 98.2 cm³/mol. The van der Waals surface area contributed by atoms with Crippen molar-refractivity contribution in [3.63, 3.8) is 0 Å². The Morgan fingerprint density at radius 1 is 1.20 bits per heavy atom. The van der Waals surface area contributed by atoms with Crippen LogP contribution in [-0.2, 0) is 6.54 Å². The van der Waals surface area contributed by atoms with E-state index in [0.717, 1.165) is 36.6 Å². The summed E-state index contributed by atoms with van der Waals surface area (Å²) in [5.41, 5.74) is 1.02. The lowest BCUT2D eigenvalue weighted by molar-refractivity contribution is 0.0778. The normalized spacial score (nSPS) is 24.1. The number of thiophene rings is 1. The van der Waals surface area contributed by atoms with Crippen LogP contribution in [0, 0.1) is 11.7 Å². The maximum absolute atomic E-state index is 13.5. The largest absolute Gasteiger partial charge is 0.336 e. The zero-order valence-corrected chi connectivity index (χ0v) is 15.1. The molecule has 2 fully saturated rings. The van der Waals surface area contributed by atoms with E-state index in [2.05, 4.69) is 4.90 Å². The molecule has 2 aromatic rings. The third kappa shape index (κ3) is 3.62. The second kappa shape index (κ2) is 7.26. The molecule has 0 radical (unpaired) electrons. The first-order valence-electron chi connectivity index (χ1n) is 9.02. The van der Waals surface area contributed by atoms with Crippen molar-refractivity contribution >= 4 is 17.2 Å². The summed E-state index contributed by atoms with van der Waals surface area (Å²) in [6, 6.07) is 11.1. The molecule has 0 bridgehead atoms. The molecule has 0 aliphatic carbocycles. The van der Waals surface area contributed by atoms with E-state index in [4.69, 9.17) is 0 Å². The molecule has 4 rings (SSSR count). The van der Waals surface area contributed by atoms with Gasteiger partial charge in [0, 0.05) is 25.7 Å². The van der Waals surface area contributed by atoms with Gasteiger partial charge < -0.3 is 4.90 Å². The molecule has 1 aromatic carbocycles. The fourth-order valence-corrected chi connectivity index (χ4v) is 4.92. The van der Waals surface area contributed by atoms with Crippen molar-refractivity contribution < 1.29 is 9.18 Å². The highest BCUT2D eigenvalue weighted by molar-refractivity contribution is 7.12. The first-order valence-corrected chi connectivity index (χ1v) is 9.90. The van der Waals surface area contributed by atoms with Crippen molar-refractivity contribution in [3.05, 3.63) is 58.0 Å². The lowest BCUT2D eigenvalue weighted by atomic mass is 9.98. The van der Waals surface area contributed by atoms with Gasteiger partial charge in [0.1, 0.15) is 5.82 Å². The summed E-state index contributed by atoms with van der Waals surface area (Å²) in [5, 5.41) is 1.96. The van der Waals surface area contributed by atoms with Crippen LogP contribution in [0.5, 0.6) is 0 Å². The summed E-state index contributed by atoms with van der Waals surface area (Å²) in [5.74, 6) is 0.513. The predicted octanol–water partition coefficient (Wildman–Crippen LogP) is 4.01. The summed E-state index contributed by atoms with van der Waals surface area (Å²) < 4.78 is 13.5. The van der Waals surface area contributed by atoms with E-state index in [1.165, 1.54) is 36.7 Å². The van der Waals surface area contributed by atoms with E-state index >= 15 is 0 Å². The molecule has 2 saturated heterocycles. The third-order valence-corrected chi connectivity index (χ3v) is 6.30. The van der Waals surface area contributed by atoms with Crippen molar-refractivity contribution in [2.24, 2.45) is 5.92 Å². The van der Waals surface area contributed by atoms with Gasteiger partial charge in [-0.05, 0) is 54.4 Å².